The Hall–Kier alpha value is -8.06. The van der Waals surface area contributed by atoms with Crippen molar-refractivity contribution in [2.75, 3.05) is 0 Å². The predicted octanol–water partition coefficient (Wildman–Crippen LogP) is 17.7. The second-order valence-corrected chi connectivity index (χ2v) is 17.8. The van der Waals surface area contributed by atoms with E-state index in [1.54, 1.807) is 0 Å². The lowest BCUT2D eigenvalue weighted by Crippen LogP contribution is -1.88. The fraction of sp³-hybridized carbons (Fsp3) is 0. The van der Waals surface area contributed by atoms with Gasteiger partial charge < -0.3 is 0 Å². The van der Waals surface area contributed by atoms with Crippen molar-refractivity contribution < 1.29 is 0 Å². The van der Waals surface area contributed by atoms with Crippen molar-refractivity contribution in [2.24, 2.45) is 0 Å². The maximum atomic E-state index is 2.47. The van der Waals surface area contributed by atoms with Crippen LogP contribution in [0.3, 0.4) is 0 Å². The van der Waals surface area contributed by atoms with Crippen molar-refractivity contribution in [1.29, 1.82) is 0 Å². The summed E-state index contributed by atoms with van der Waals surface area (Å²) in [7, 11) is 0. The molecule has 1 aliphatic rings. The fourth-order valence-corrected chi connectivity index (χ4v) is 12.6. The monoisotopic (exact) mass is 776 g/mol. The molecule has 1 aliphatic carbocycles. The molecular weight excluding hydrogens is 745 g/mol. The van der Waals surface area contributed by atoms with E-state index in [0.717, 1.165) is 0 Å². The van der Waals surface area contributed by atoms with Gasteiger partial charge in [0.2, 0.25) is 0 Å². The van der Waals surface area contributed by atoms with E-state index in [2.05, 4.69) is 194 Å². The number of hydrogen-bond acceptors (Lipinski definition) is 0. The molecule has 0 saturated carbocycles. The van der Waals surface area contributed by atoms with E-state index < -0.39 is 0 Å². The molecule has 0 heteroatoms. The lowest BCUT2D eigenvalue weighted by molar-refractivity contribution is 1.68. The third-order valence-electron chi connectivity index (χ3n) is 14.9. The molecule has 0 amide bonds. The zero-order valence-corrected chi connectivity index (χ0v) is 33.5. The molecule has 0 bridgehead atoms. The lowest BCUT2D eigenvalue weighted by atomic mass is 9.87. The molecule has 280 valence electrons. The summed E-state index contributed by atoms with van der Waals surface area (Å²) in [6, 6.07) is 74.0. The first-order valence-electron chi connectivity index (χ1n) is 21.8. The van der Waals surface area contributed by atoms with Crippen LogP contribution in [-0.2, 0) is 0 Å². The Morgan fingerprint density at radius 2 is 0.548 bits per heavy atom. The molecular formula is C62H32. The Morgan fingerprint density at radius 1 is 0.177 bits per heavy atom. The molecule has 16 rings (SSSR count). The Balaban J connectivity index is 1.09. The summed E-state index contributed by atoms with van der Waals surface area (Å²) >= 11 is 0. The maximum absolute atomic E-state index is 2.47. The van der Waals surface area contributed by atoms with Crippen molar-refractivity contribution in [2.45, 2.75) is 0 Å². The maximum Gasteiger partial charge on any atom is -0.000717 e. The van der Waals surface area contributed by atoms with Crippen LogP contribution in [0.4, 0.5) is 0 Å². The molecule has 15 aromatic rings. The largest absolute Gasteiger partial charge is 0.0622 e. The lowest BCUT2D eigenvalue weighted by Gasteiger charge is -2.16. The van der Waals surface area contributed by atoms with Gasteiger partial charge >= 0.3 is 0 Å². The van der Waals surface area contributed by atoms with Gasteiger partial charge in [-0.1, -0.05) is 170 Å². The van der Waals surface area contributed by atoms with Crippen LogP contribution in [0, 0.1) is 0 Å². The normalized spacial score (nSPS) is 12.8. The summed E-state index contributed by atoms with van der Waals surface area (Å²) in [4.78, 5) is 0. The molecule has 0 fully saturated rings. The van der Waals surface area contributed by atoms with Crippen LogP contribution in [0.15, 0.2) is 194 Å². The Labute approximate surface area is 355 Å². The van der Waals surface area contributed by atoms with Crippen LogP contribution in [0.25, 0.3) is 163 Å². The first kappa shape index (κ1) is 31.8. The molecule has 0 nitrogen and oxygen atoms in total. The highest BCUT2D eigenvalue weighted by atomic mass is 14.3. The minimum atomic E-state index is 1.26. The summed E-state index contributed by atoms with van der Waals surface area (Å²) in [5.74, 6) is 0. The molecule has 0 spiro atoms. The number of hydrogen-bond donors (Lipinski definition) is 0. The van der Waals surface area contributed by atoms with E-state index in [0.29, 0.717) is 0 Å². The predicted molar refractivity (Wildman–Crippen MR) is 268 cm³/mol. The number of fused-ring (bicyclic) bond motifs is 13. The van der Waals surface area contributed by atoms with Crippen LogP contribution in [0.2, 0.25) is 0 Å². The molecule has 0 unspecified atom stereocenters. The standard InChI is InChI=1S/C62H32/c1-3-11-34(12-4-1)53-59-46-19-9-17-33-18-10-20-47(52(33)46)60(59)54(35-13-5-2-6-14-35)62-49-28-26-43-41-22-24-45-51-32-39-30-37-16-8-7-15-36(37)29-38(39)31-50(51)44-23-21-40(55(41)57(44)45)42-25-27-48(61(53)62)58(49)56(42)43/h1-32H. The SMILES string of the molecule is c1ccc(-c2c3c4cccc5cccc(c3c(-c3ccccc3)c3c6ccc7c8ccc9c%10c(ccc(c%11ccc(c23)c6c%117)c%108)-c2cc3cc6ccccc6cc3cc2-9)c54)cc1. The zero-order valence-electron chi connectivity index (χ0n) is 33.5. The van der Waals surface area contributed by atoms with Crippen molar-refractivity contribution in [3.05, 3.63) is 194 Å². The minimum absolute atomic E-state index is 1.26. The topological polar surface area (TPSA) is 0 Å². The molecule has 0 aromatic heterocycles. The summed E-state index contributed by atoms with van der Waals surface area (Å²) in [5, 5.41) is 29.4. The third kappa shape index (κ3) is 3.70. The zero-order chi connectivity index (χ0) is 39.9. The van der Waals surface area contributed by atoms with Crippen LogP contribution < -0.4 is 0 Å². The highest BCUT2D eigenvalue weighted by Gasteiger charge is 2.30. The van der Waals surface area contributed by atoms with E-state index >= 15 is 0 Å². The van der Waals surface area contributed by atoms with Gasteiger partial charge in [0.15, 0.2) is 0 Å². The van der Waals surface area contributed by atoms with Gasteiger partial charge in [-0.2, -0.15) is 0 Å². The van der Waals surface area contributed by atoms with Crippen LogP contribution in [0.5, 0.6) is 0 Å². The Kier molecular flexibility index (Phi) is 5.64. The first-order chi connectivity index (χ1) is 30.8. The van der Waals surface area contributed by atoms with E-state index in [4.69, 9.17) is 0 Å². The quantitative estimate of drug-likeness (QED) is 0.121. The van der Waals surface area contributed by atoms with Crippen molar-refractivity contribution in [1.82, 2.24) is 0 Å². The molecule has 0 N–H and O–H groups in total. The summed E-state index contributed by atoms with van der Waals surface area (Å²) in [6.07, 6.45) is 0. The summed E-state index contributed by atoms with van der Waals surface area (Å²) in [6.45, 7) is 0. The second kappa shape index (κ2) is 11.0. The third-order valence-corrected chi connectivity index (χ3v) is 14.9. The van der Waals surface area contributed by atoms with E-state index in [-0.39, 0.29) is 0 Å². The molecule has 0 radical (unpaired) electrons. The van der Waals surface area contributed by atoms with Crippen LogP contribution in [-0.4, -0.2) is 0 Å². The van der Waals surface area contributed by atoms with Gasteiger partial charge in [-0.15, -0.1) is 0 Å². The van der Waals surface area contributed by atoms with Gasteiger partial charge in [-0.3, -0.25) is 0 Å². The van der Waals surface area contributed by atoms with Gasteiger partial charge in [-0.05, 0) is 187 Å². The Morgan fingerprint density at radius 3 is 1.03 bits per heavy atom. The smallest absolute Gasteiger partial charge is 0.000717 e. The highest BCUT2D eigenvalue weighted by Crippen LogP contribution is 2.58. The average molecular weight is 777 g/mol. The van der Waals surface area contributed by atoms with Gasteiger partial charge in [0.05, 0.1) is 0 Å². The van der Waals surface area contributed by atoms with Crippen molar-refractivity contribution in [3.8, 4) is 44.5 Å². The van der Waals surface area contributed by atoms with Gasteiger partial charge in [0, 0.05) is 0 Å². The molecule has 0 aliphatic heterocycles. The van der Waals surface area contributed by atoms with Crippen LogP contribution in [0.1, 0.15) is 0 Å². The van der Waals surface area contributed by atoms with Crippen molar-refractivity contribution >= 4 is 118 Å². The summed E-state index contributed by atoms with van der Waals surface area (Å²) < 4.78 is 0. The second-order valence-electron chi connectivity index (χ2n) is 17.8. The van der Waals surface area contributed by atoms with Gasteiger partial charge in [0.1, 0.15) is 0 Å². The van der Waals surface area contributed by atoms with Gasteiger partial charge in [-0.25, -0.2) is 0 Å². The van der Waals surface area contributed by atoms with E-state index in [1.807, 2.05) is 0 Å². The van der Waals surface area contributed by atoms with Crippen LogP contribution >= 0.6 is 0 Å². The number of benzene rings is 13. The summed E-state index contributed by atoms with van der Waals surface area (Å²) in [5.41, 5.74) is 10.6. The average Bonchev–Trinajstić information content (AvgIpc) is 3.96. The molecule has 15 aromatic carbocycles. The molecule has 62 heavy (non-hydrogen) atoms. The number of rotatable bonds is 2. The van der Waals surface area contributed by atoms with Gasteiger partial charge in [0.25, 0.3) is 0 Å². The molecule has 0 atom stereocenters. The van der Waals surface area contributed by atoms with E-state index in [1.165, 1.54) is 163 Å². The fourth-order valence-electron chi connectivity index (χ4n) is 12.6. The molecule has 0 saturated heterocycles. The van der Waals surface area contributed by atoms with E-state index in [9.17, 15) is 0 Å². The first-order valence-corrected chi connectivity index (χ1v) is 21.8. The molecule has 0 heterocycles. The van der Waals surface area contributed by atoms with Crippen molar-refractivity contribution in [3.63, 3.8) is 0 Å². The Bertz CT molecular complexity index is 4190. The minimum Gasteiger partial charge on any atom is -0.0622 e. The highest BCUT2D eigenvalue weighted by molar-refractivity contribution is 6.50.